The van der Waals surface area contributed by atoms with Crippen molar-refractivity contribution in [3.8, 4) is 0 Å². The number of hydrogen-bond acceptors (Lipinski definition) is 6. The maximum atomic E-state index is 10.2. The van der Waals surface area contributed by atoms with Crippen molar-refractivity contribution in [1.29, 1.82) is 0 Å². The number of rotatable bonds is 4. The highest BCUT2D eigenvalue weighted by atomic mass is 16.6. The minimum Gasteiger partial charge on any atom is -0.264 e. The van der Waals surface area contributed by atoms with Gasteiger partial charge in [0.15, 0.2) is 0 Å². The average Bonchev–Trinajstić information content (AvgIpc) is 2.48. The van der Waals surface area contributed by atoms with E-state index in [1.165, 1.54) is 12.1 Å². The standard InChI is InChI=1S/C7H7NO2.C6H4N2O4/c9-8(10)6-7-4-2-1-3-5-7;9-7(10)5-3-1-2-4-6(5)8(11)12/h1-5H,6H2;1-4H. The minimum absolute atomic E-state index is 0.0825. The molecule has 0 aliphatic rings. The number of hydrogen-bond donors (Lipinski definition) is 0. The first-order chi connectivity index (χ1) is 10.4. The summed E-state index contributed by atoms with van der Waals surface area (Å²) in [6.07, 6.45) is 0. The Balaban J connectivity index is 0.000000224. The van der Waals surface area contributed by atoms with E-state index in [1.54, 1.807) is 24.3 Å². The van der Waals surface area contributed by atoms with E-state index < -0.39 is 21.2 Å². The molecule has 0 aromatic heterocycles. The van der Waals surface area contributed by atoms with Crippen LogP contribution >= 0.6 is 0 Å². The second-order valence-corrected chi connectivity index (χ2v) is 3.98. The Bertz CT molecular complexity index is 641. The van der Waals surface area contributed by atoms with Gasteiger partial charge in [-0.05, 0) is 0 Å². The number of nitrogens with zero attached hydrogens (tertiary/aromatic N) is 3. The van der Waals surface area contributed by atoms with Crippen LogP contribution in [0.3, 0.4) is 0 Å². The Morgan fingerprint density at radius 2 is 1.09 bits per heavy atom. The van der Waals surface area contributed by atoms with Gasteiger partial charge in [-0.1, -0.05) is 42.5 Å². The number of nitro groups is 3. The lowest BCUT2D eigenvalue weighted by molar-refractivity contribution is -0.496. The molecule has 0 aliphatic carbocycles. The highest BCUT2D eigenvalue weighted by molar-refractivity contribution is 5.51. The van der Waals surface area contributed by atoms with Crippen molar-refractivity contribution >= 4 is 11.4 Å². The molecule has 9 nitrogen and oxygen atoms in total. The molecule has 114 valence electrons. The third-order valence-corrected chi connectivity index (χ3v) is 2.43. The summed E-state index contributed by atoms with van der Waals surface area (Å²) in [5.74, 6) is 0. The molecule has 0 unspecified atom stereocenters. The van der Waals surface area contributed by atoms with Gasteiger partial charge in [-0.25, -0.2) is 0 Å². The van der Waals surface area contributed by atoms with E-state index in [0.717, 1.165) is 17.7 Å². The maximum Gasteiger partial charge on any atom is 0.346 e. The Morgan fingerprint density at radius 3 is 1.45 bits per heavy atom. The molecule has 0 radical (unpaired) electrons. The largest absolute Gasteiger partial charge is 0.346 e. The Morgan fingerprint density at radius 1 is 0.682 bits per heavy atom. The van der Waals surface area contributed by atoms with Crippen molar-refractivity contribution in [2.24, 2.45) is 0 Å². The summed E-state index contributed by atoms with van der Waals surface area (Å²) in [5.41, 5.74) is -0.225. The molecular formula is C13H11N3O6. The highest BCUT2D eigenvalue weighted by Gasteiger charge is 2.21. The number of para-hydroxylation sites is 2. The molecule has 0 aliphatic heterocycles. The normalized spacial score (nSPS) is 9.27. The fourth-order valence-corrected chi connectivity index (χ4v) is 1.51. The fourth-order valence-electron chi connectivity index (χ4n) is 1.51. The molecule has 0 amide bonds. The zero-order chi connectivity index (χ0) is 16.5. The molecule has 0 heterocycles. The van der Waals surface area contributed by atoms with Crippen molar-refractivity contribution in [3.63, 3.8) is 0 Å². The third-order valence-electron chi connectivity index (χ3n) is 2.43. The van der Waals surface area contributed by atoms with Crippen LogP contribution in [0.2, 0.25) is 0 Å². The maximum absolute atomic E-state index is 10.2. The van der Waals surface area contributed by atoms with E-state index >= 15 is 0 Å². The Kier molecular flexibility index (Phi) is 6.10. The van der Waals surface area contributed by atoms with Crippen molar-refractivity contribution in [1.82, 2.24) is 0 Å². The van der Waals surface area contributed by atoms with E-state index in [9.17, 15) is 30.3 Å². The van der Waals surface area contributed by atoms with Gasteiger partial charge in [0.25, 0.3) is 0 Å². The van der Waals surface area contributed by atoms with Crippen LogP contribution in [0.1, 0.15) is 5.56 Å². The first kappa shape index (κ1) is 16.7. The zero-order valence-electron chi connectivity index (χ0n) is 11.2. The molecule has 0 saturated heterocycles. The molecule has 22 heavy (non-hydrogen) atoms. The first-order valence-corrected chi connectivity index (χ1v) is 5.95. The van der Waals surface area contributed by atoms with Crippen LogP contribution < -0.4 is 0 Å². The lowest BCUT2D eigenvalue weighted by atomic mass is 10.2. The van der Waals surface area contributed by atoms with Crippen LogP contribution in [0, 0.1) is 30.3 Å². The second-order valence-electron chi connectivity index (χ2n) is 3.98. The summed E-state index contributed by atoms with van der Waals surface area (Å²) in [6.45, 7) is -0.0825. The van der Waals surface area contributed by atoms with Crippen LogP contribution in [0.4, 0.5) is 11.4 Å². The van der Waals surface area contributed by atoms with Crippen LogP contribution in [0.25, 0.3) is 0 Å². The van der Waals surface area contributed by atoms with E-state index in [1.807, 2.05) is 6.07 Å². The van der Waals surface area contributed by atoms with E-state index in [-0.39, 0.29) is 11.5 Å². The SMILES string of the molecule is O=[N+]([O-])Cc1ccccc1.O=[N+]([O-])c1ccccc1[N+](=O)[O-]. The lowest BCUT2D eigenvalue weighted by Gasteiger charge is -1.91. The van der Waals surface area contributed by atoms with Gasteiger partial charge in [-0.2, -0.15) is 0 Å². The van der Waals surface area contributed by atoms with Gasteiger partial charge < -0.3 is 0 Å². The van der Waals surface area contributed by atoms with E-state index in [2.05, 4.69) is 0 Å². The molecule has 0 spiro atoms. The fraction of sp³-hybridized carbons (Fsp3) is 0.0769. The zero-order valence-corrected chi connectivity index (χ0v) is 11.2. The minimum atomic E-state index is -0.780. The smallest absolute Gasteiger partial charge is 0.264 e. The molecular weight excluding hydrogens is 294 g/mol. The summed E-state index contributed by atoms with van der Waals surface area (Å²) < 4.78 is 0. The summed E-state index contributed by atoms with van der Waals surface area (Å²) in [6, 6.07) is 13.8. The van der Waals surface area contributed by atoms with E-state index in [0.29, 0.717) is 0 Å². The lowest BCUT2D eigenvalue weighted by Crippen LogP contribution is -1.96. The molecule has 9 heteroatoms. The summed E-state index contributed by atoms with van der Waals surface area (Å²) in [5, 5.41) is 30.4. The van der Waals surface area contributed by atoms with Crippen LogP contribution in [-0.4, -0.2) is 14.8 Å². The molecule has 0 atom stereocenters. The van der Waals surface area contributed by atoms with Crippen molar-refractivity contribution in [2.75, 3.05) is 0 Å². The molecule has 0 saturated carbocycles. The molecule has 2 aromatic rings. The van der Waals surface area contributed by atoms with Crippen molar-refractivity contribution in [3.05, 3.63) is 90.5 Å². The predicted octanol–water partition coefficient (Wildman–Crippen LogP) is 2.97. The van der Waals surface area contributed by atoms with Crippen molar-refractivity contribution < 1.29 is 14.8 Å². The quantitative estimate of drug-likeness (QED) is 0.630. The molecule has 0 bridgehead atoms. The van der Waals surface area contributed by atoms with Gasteiger partial charge in [-0.15, -0.1) is 0 Å². The topological polar surface area (TPSA) is 129 Å². The van der Waals surface area contributed by atoms with Crippen LogP contribution in [0.5, 0.6) is 0 Å². The van der Waals surface area contributed by atoms with Gasteiger partial charge >= 0.3 is 11.4 Å². The van der Waals surface area contributed by atoms with E-state index in [4.69, 9.17) is 0 Å². The van der Waals surface area contributed by atoms with Gasteiger partial charge in [0.1, 0.15) is 0 Å². The highest BCUT2D eigenvalue weighted by Crippen LogP contribution is 2.24. The number of benzene rings is 2. The van der Waals surface area contributed by atoms with Gasteiger partial charge in [0, 0.05) is 22.6 Å². The first-order valence-electron chi connectivity index (χ1n) is 5.95. The average molecular weight is 305 g/mol. The molecule has 0 fully saturated rings. The number of nitro benzene ring substituents is 2. The Hall–Kier alpha value is -3.36. The summed E-state index contributed by atoms with van der Waals surface area (Å²) in [4.78, 5) is 28.5. The monoisotopic (exact) mass is 305 g/mol. The summed E-state index contributed by atoms with van der Waals surface area (Å²) in [7, 11) is 0. The Labute approximate surface area is 124 Å². The van der Waals surface area contributed by atoms with Gasteiger partial charge in [0.05, 0.1) is 9.85 Å². The van der Waals surface area contributed by atoms with Crippen LogP contribution in [-0.2, 0) is 6.54 Å². The summed E-state index contributed by atoms with van der Waals surface area (Å²) >= 11 is 0. The second kappa shape index (κ2) is 8.04. The molecule has 0 N–H and O–H groups in total. The predicted molar refractivity (Wildman–Crippen MR) is 76.9 cm³/mol. The molecule has 2 aromatic carbocycles. The third kappa shape index (κ3) is 5.33. The van der Waals surface area contributed by atoms with Crippen LogP contribution in [0.15, 0.2) is 54.6 Å². The molecule has 2 rings (SSSR count). The van der Waals surface area contributed by atoms with Crippen molar-refractivity contribution in [2.45, 2.75) is 6.54 Å². The van der Waals surface area contributed by atoms with Gasteiger partial charge in [-0.3, -0.25) is 30.3 Å². The van der Waals surface area contributed by atoms with Gasteiger partial charge in [0.2, 0.25) is 6.54 Å².